The summed E-state index contributed by atoms with van der Waals surface area (Å²) in [4.78, 5) is 0. The molecule has 1 saturated carbocycles. The van der Waals surface area contributed by atoms with Gasteiger partial charge in [-0.3, -0.25) is 0 Å². The van der Waals surface area contributed by atoms with Crippen LogP contribution in [0.5, 0.6) is 0 Å². The van der Waals surface area contributed by atoms with Crippen LogP contribution in [0.2, 0.25) is 0 Å². The van der Waals surface area contributed by atoms with E-state index in [1.165, 1.54) is 32.1 Å². The molecule has 0 heterocycles. The molecule has 0 atom stereocenters. The molecule has 0 aromatic heterocycles. The van der Waals surface area contributed by atoms with E-state index < -0.39 is 0 Å². The van der Waals surface area contributed by atoms with Crippen LogP contribution in [0.1, 0.15) is 32.1 Å². The summed E-state index contributed by atoms with van der Waals surface area (Å²) >= 11 is 2.21. The van der Waals surface area contributed by atoms with E-state index in [9.17, 15) is 0 Å². The van der Waals surface area contributed by atoms with Gasteiger partial charge in [0.05, 0.1) is 0 Å². The first kappa shape index (κ1) is 18.7. The molecule has 1 nitrogen and oxygen atoms in total. The van der Waals surface area contributed by atoms with Crippen molar-refractivity contribution in [2.75, 3.05) is 0 Å². The van der Waals surface area contributed by atoms with Crippen molar-refractivity contribution in [3.63, 3.8) is 0 Å². The maximum absolute atomic E-state index is 5.13. The quantitative estimate of drug-likeness (QED) is 0.663. The van der Waals surface area contributed by atoms with Gasteiger partial charge in [0.25, 0.3) is 0 Å². The van der Waals surface area contributed by atoms with E-state index in [4.69, 9.17) is 3.66 Å². The Morgan fingerprint density at radius 1 is 0.909 bits per heavy atom. The Morgan fingerprint density at radius 2 is 1.36 bits per heavy atom. The summed E-state index contributed by atoms with van der Waals surface area (Å²) in [7, 11) is 0. The van der Waals surface area contributed by atoms with E-state index in [1.54, 1.807) is 0 Å². The van der Waals surface area contributed by atoms with Gasteiger partial charge in [-0.15, -0.1) is 50.9 Å². The Bertz CT molecular complexity index is 68.8. The van der Waals surface area contributed by atoms with Gasteiger partial charge in [0.1, 0.15) is 0 Å². The zero-order valence-corrected chi connectivity index (χ0v) is 12.7. The van der Waals surface area contributed by atoms with Crippen LogP contribution in [-0.4, -0.2) is 6.10 Å². The van der Waals surface area contributed by atoms with Crippen molar-refractivity contribution in [1.82, 2.24) is 0 Å². The van der Waals surface area contributed by atoms with Gasteiger partial charge in [-0.25, -0.2) is 0 Å². The van der Waals surface area contributed by atoms with Gasteiger partial charge in [0, 0.05) is 0 Å². The second-order valence-electron chi connectivity index (χ2n) is 2.37. The van der Waals surface area contributed by atoms with Gasteiger partial charge in [0.2, 0.25) is 0 Å². The average Bonchev–Trinajstić information content (AvgIpc) is 1.90. The van der Waals surface area contributed by atoms with Crippen LogP contribution in [0.25, 0.3) is 0 Å². The van der Waals surface area contributed by atoms with Crippen molar-refractivity contribution in [2.45, 2.75) is 38.2 Å². The van der Waals surface area contributed by atoms with Crippen molar-refractivity contribution in [2.24, 2.45) is 0 Å². The molecule has 0 bridgehead atoms. The van der Waals surface area contributed by atoms with E-state index in [0.717, 1.165) is 0 Å². The van der Waals surface area contributed by atoms with Crippen LogP contribution in [0, 0.1) is 0 Å². The number of hydrogen-bond donors (Lipinski definition) is 0. The molecule has 1 fully saturated rings. The van der Waals surface area contributed by atoms with Crippen LogP contribution in [-0.2, 0) is 21.4 Å². The Kier molecular flexibility index (Phi) is 20.4. The van der Waals surface area contributed by atoms with Crippen LogP contribution in [0.15, 0.2) is 0 Å². The van der Waals surface area contributed by atoms with Gasteiger partial charge in [0.15, 0.2) is 0 Å². The molecule has 0 N–H and O–H groups in total. The summed E-state index contributed by atoms with van der Waals surface area (Å²) < 4.78 is 5.13. The van der Waals surface area contributed by atoms with Gasteiger partial charge >= 0.3 is 59.6 Å². The molecule has 1 rings (SSSR count). The van der Waals surface area contributed by atoms with E-state index in [-0.39, 0.29) is 50.9 Å². The SMILES string of the molecule is Br.Br.Br.[V][O]C1CCCCC1. The Balaban J connectivity index is -0.000000213. The van der Waals surface area contributed by atoms with E-state index in [2.05, 4.69) is 17.8 Å². The zero-order valence-electron chi connectivity index (χ0n) is 6.19. The third kappa shape index (κ3) is 8.32. The van der Waals surface area contributed by atoms with Crippen molar-refractivity contribution >= 4 is 50.9 Å². The maximum atomic E-state index is 5.13. The standard InChI is InChI=1S/C6H11O.3BrH.V/c7-6-4-2-1-3-5-6;;;;/h6H,1-5H2;3*1H;/q-1;;;;+1. The molecule has 1 aliphatic carbocycles. The molecule has 70 valence electrons. The van der Waals surface area contributed by atoms with Crippen LogP contribution < -0.4 is 0 Å². The number of rotatable bonds is 1. The molecule has 0 unspecified atom stereocenters. The first-order valence-electron chi connectivity index (χ1n) is 3.23. The molecule has 0 aliphatic heterocycles. The van der Waals surface area contributed by atoms with Crippen LogP contribution >= 0.6 is 50.9 Å². The van der Waals surface area contributed by atoms with Crippen LogP contribution in [0.3, 0.4) is 0 Å². The van der Waals surface area contributed by atoms with Crippen molar-refractivity contribution < 1.29 is 21.4 Å². The van der Waals surface area contributed by atoms with E-state index in [1.807, 2.05) is 0 Å². The summed E-state index contributed by atoms with van der Waals surface area (Å²) in [5.74, 6) is 0. The summed E-state index contributed by atoms with van der Waals surface area (Å²) in [6.45, 7) is 0. The zero-order chi connectivity index (χ0) is 5.82. The van der Waals surface area contributed by atoms with Gasteiger partial charge < -0.3 is 0 Å². The molecular weight excluding hydrogens is 379 g/mol. The minimum absolute atomic E-state index is 0. The van der Waals surface area contributed by atoms with Gasteiger partial charge in [-0.05, 0) is 0 Å². The van der Waals surface area contributed by atoms with Crippen molar-refractivity contribution in [1.29, 1.82) is 0 Å². The number of hydrogen-bond acceptors (Lipinski definition) is 1. The fraction of sp³-hybridized carbons (Fsp3) is 1.00. The Labute approximate surface area is 110 Å². The molecule has 0 aromatic rings. The molecule has 0 saturated heterocycles. The Hall–Kier alpha value is 1.98. The van der Waals surface area contributed by atoms with E-state index >= 15 is 0 Å². The Morgan fingerprint density at radius 3 is 1.64 bits per heavy atom. The fourth-order valence-electron chi connectivity index (χ4n) is 1.17. The van der Waals surface area contributed by atoms with E-state index in [0.29, 0.717) is 6.10 Å². The first-order chi connectivity index (χ1) is 3.93. The van der Waals surface area contributed by atoms with Crippen LogP contribution in [0.4, 0.5) is 0 Å². The predicted molar refractivity (Wildman–Crippen MR) is 58.9 cm³/mol. The van der Waals surface area contributed by atoms with Gasteiger partial charge in [-0.1, -0.05) is 0 Å². The predicted octanol–water partition coefficient (Wildman–Crippen LogP) is 3.53. The third-order valence-corrected chi connectivity index (χ3v) is 2.17. The molecule has 0 spiro atoms. The average molecular weight is 393 g/mol. The molecule has 5 heteroatoms. The fourth-order valence-corrected chi connectivity index (χ4v) is 1.50. The topological polar surface area (TPSA) is 9.23 Å². The second kappa shape index (κ2) is 12.0. The summed E-state index contributed by atoms with van der Waals surface area (Å²) in [6.07, 6.45) is 7.24. The molecular formula is C6H14Br3OV. The summed E-state index contributed by atoms with van der Waals surface area (Å²) in [5.41, 5.74) is 0. The first-order valence-corrected chi connectivity index (χ1v) is 3.80. The number of halogens is 3. The molecule has 11 heavy (non-hydrogen) atoms. The second-order valence-corrected chi connectivity index (χ2v) is 2.69. The van der Waals surface area contributed by atoms with Crippen molar-refractivity contribution in [3.05, 3.63) is 0 Å². The summed E-state index contributed by atoms with van der Waals surface area (Å²) in [6, 6.07) is 0. The molecule has 0 amide bonds. The minimum atomic E-state index is 0. The molecule has 0 aromatic carbocycles. The monoisotopic (exact) mass is 390 g/mol. The third-order valence-electron chi connectivity index (χ3n) is 1.70. The van der Waals surface area contributed by atoms with Gasteiger partial charge in [-0.2, -0.15) is 0 Å². The molecule has 1 aliphatic rings. The van der Waals surface area contributed by atoms with Crippen molar-refractivity contribution in [3.8, 4) is 0 Å². The molecule has 0 radical (unpaired) electrons. The summed E-state index contributed by atoms with van der Waals surface area (Å²) in [5, 5.41) is 0. The normalized spacial score (nSPS) is 17.1.